The van der Waals surface area contributed by atoms with Gasteiger partial charge in [-0.2, -0.15) is 0 Å². The van der Waals surface area contributed by atoms with Crippen molar-refractivity contribution in [3.63, 3.8) is 0 Å². The number of carbonyl (C=O) groups excluding carboxylic acids is 2. The first kappa shape index (κ1) is 15.0. The molecule has 0 spiro atoms. The molecular weight excluding hydrogens is 280 g/mol. The summed E-state index contributed by atoms with van der Waals surface area (Å²) >= 11 is 0. The highest BCUT2D eigenvalue weighted by Gasteiger charge is 2.49. The minimum absolute atomic E-state index is 0.181. The van der Waals surface area contributed by atoms with Gasteiger partial charge in [-0.25, -0.2) is 0 Å². The number of Topliss-reactive ketones (excluding diaryl/α,β-unsaturated/α-hetero) is 2. The van der Waals surface area contributed by atoms with Crippen LogP contribution in [0.4, 0.5) is 0 Å². The van der Waals surface area contributed by atoms with Gasteiger partial charge in [-0.05, 0) is 31.9 Å². The monoisotopic (exact) mass is 300 g/mol. The number of rotatable bonds is 2. The lowest BCUT2D eigenvalue weighted by Gasteiger charge is -2.39. The normalized spacial score (nSPS) is 26.6. The van der Waals surface area contributed by atoms with Crippen LogP contribution in [0.3, 0.4) is 0 Å². The predicted octanol–water partition coefficient (Wildman–Crippen LogP) is 2.61. The highest BCUT2D eigenvalue weighted by atomic mass is 16.5. The van der Waals surface area contributed by atoms with Crippen LogP contribution in [0, 0.1) is 6.92 Å². The highest BCUT2D eigenvalue weighted by Crippen LogP contribution is 2.48. The van der Waals surface area contributed by atoms with Crippen LogP contribution in [0.5, 0.6) is 0 Å². The molecule has 4 nitrogen and oxygen atoms in total. The Kier molecular flexibility index (Phi) is 3.25. The summed E-state index contributed by atoms with van der Waals surface area (Å²) < 4.78 is 5.80. The lowest BCUT2D eigenvalue weighted by atomic mass is 9.70. The molecule has 22 heavy (non-hydrogen) atoms. The van der Waals surface area contributed by atoms with Gasteiger partial charge in [-0.3, -0.25) is 9.59 Å². The van der Waals surface area contributed by atoms with E-state index >= 15 is 0 Å². The SMILES string of the molecule is CC(=O)C[C@]1(O)C(=O)C(C)=C2OC[C@H](C)c3ccc(C)c1c32. The first-order chi connectivity index (χ1) is 10.3. The second kappa shape index (κ2) is 4.78. The molecule has 0 bridgehead atoms. The van der Waals surface area contributed by atoms with Crippen molar-refractivity contribution in [2.45, 2.75) is 45.6 Å². The molecule has 1 aliphatic heterocycles. The van der Waals surface area contributed by atoms with E-state index in [1.807, 2.05) is 19.1 Å². The van der Waals surface area contributed by atoms with Gasteiger partial charge in [0, 0.05) is 29.0 Å². The van der Waals surface area contributed by atoms with Crippen LogP contribution < -0.4 is 0 Å². The number of benzene rings is 1. The van der Waals surface area contributed by atoms with E-state index in [9.17, 15) is 14.7 Å². The van der Waals surface area contributed by atoms with E-state index in [1.54, 1.807) is 6.92 Å². The first-order valence-corrected chi connectivity index (χ1v) is 7.52. The molecule has 116 valence electrons. The van der Waals surface area contributed by atoms with Crippen LogP contribution in [0.25, 0.3) is 5.76 Å². The fraction of sp³-hybridized carbons (Fsp3) is 0.444. The number of ether oxygens (including phenoxy) is 1. The van der Waals surface area contributed by atoms with Crippen molar-refractivity contribution >= 4 is 17.3 Å². The molecule has 2 aliphatic rings. The van der Waals surface area contributed by atoms with Gasteiger partial charge in [-0.15, -0.1) is 0 Å². The molecule has 0 aromatic heterocycles. The third-order valence-electron chi connectivity index (χ3n) is 4.66. The molecule has 0 radical (unpaired) electrons. The predicted molar refractivity (Wildman–Crippen MR) is 82.3 cm³/mol. The highest BCUT2D eigenvalue weighted by molar-refractivity contribution is 6.12. The van der Waals surface area contributed by atoms with Gasteiger partial charge in [0.2, 0.25) is 0 Å². The zero-order valence-electron chi connectivity index (χ0n) is 13.3. The largest absolute Gasteiger partial charge is 0.492 e. The summed E-state index contributed by atoms with van der Waals surface area (Å²) in [4.78, 5) is 24.4. The molecule has 1 aliphatic carbocycles. The summed E-state index contributed by atoms with van der Waals surface area (Å²) in [5.41, 5.74) is 1.83. The quantitative estimate of drug-likeness (QED) is 0.912. The van der Waals surface area contributed by atoms with Gasteiger partial charge in [0.25, 0.3) is 0 Å². The number of ketones is 2. The summed E-state index contributed by atoms with van der Waals surface area (Å²) in [5.74, 6) is 0.0968. The molecule has 2 atom stereocenters. The van der Waals surface area contributed by atoms with Crippen LogP contribution in [-0.2, 0) is 19.9 Å². The summed E-state index contributed by atoms with van der Waals surface area (Å²) in [5, 5.41) is 11.1. The lowest BCUT2D eigenvalue weighted by Crippen LogP contribution is -2.43. The summed E-state index contributed by atoms with van der Waals surface area (Å²) in [6.45, 7) is 7.47. The molecule has 1 heterocycles. The van der Waals surface area contributed by atoms with Crippen molar-refractivity contribution in [3.8, 4) is 0 Å². The van der Waals surface area contributed by atoms with E-state index in [2.05, 4.69) is 6.92 Å². The first-order valence-electron chi connectivity index (χ1n) is 7.52. The van der Waals surface area contributed by atoms with E-state index in [-0.39, 0.29) is 18.1 Å². The Balaban J connectivity index is 2.39. The lowest BCUT2D eigenvalue weighted by molar-refractivity contribution is -0.140. The minimum Gasteiger partial charge on any atom is -0.492 e. The van der Waals surface area contributed by atoms with Gasteiger partial charge >= 0.3 is 0 Å². The van der Waals surface area contributed by atoms with E-state index in [4.69, 9.17) is 4.74 Å². The van der Waals surface area contributed by atoms with Crippen LogP contribution in [-0.4, -0.2) is 23.3 Å². The zero-order chi connectivity index (χ0) is 16.2. The minimum atomic E-state index is -1.78. The van der Waals surface area contributed by atoms with Crippen LogP contribution in [0.1, 0.15) is 55.4 Å². The van der Waals surface area contributed by atoms with E-state index < -0.39 is 11.4 Å². The second-order valence-corrected chi connectivity index (χ2v) is 6.46. The number of hydrogen-bond acceptors (Lipinski definition) is 4. The van der Waals surface area contributed by atoms with Crippen molar-refractivity contribution in [2.24, 2.45) is 0 Å². The van der Waals surface area contributed by atoms with Crippen LogP contribution in [0.2, 0.25) is 0 Å². The molecule has 1 N–H and O–H groups in total. The molecule has 3 rings (SSSR count). The Morgan fingerprint density at radius 2 is 2.09 bits per heavy atom. The molecule has 1 aromatic rings. The Hall–Kier alpha value is -1.94. The Bertz CT molecular complexity index is 729. The molecule has 0 amide bonds. The van der Waals surface area contributed by atoms with Crippen molar-refractivity contribution < 1.29 is 19.4 Å². The number of aliphatic hydroxyl groups is 1. The zero-order valence-corrected chi connectivity index (χ0v) is 13.3. The Morgan fingerprint density at radius 1 is 1.41 bits per heavy atom. The van der Waals surface area contributed by atoms with Gasteiger partial charge in [-0.1, -0.05) is 19.1 Å². The molecular formula is C18H20O4. The fourth-order valence-corrected chi connectivity index (χ4v) is 3.63. The maximum absolute atomic E-state index is 12.7. The average Bonchev–Trinajstić information content (AvgIpc) is 2.43. The molecule has 0 saturated heterocycles. The third kappa shape index (κ3) is 1.87. The number of hydrogen-bond donors (Lipinski definition) is 1. The number of carbonyl (C=O) groups is 2. The van der Waals surface area contributed by atoms with E-state index in [0.717, 1.165) is 16.7 Å². The number of aryl methyl sites for hydroxylation is 1. The molecule has 1 aromatic carbocycles. The Labute approximate surface area is 129 Å². The summed E-state index contributed by atoms with van der Waals surface area (Å²) in [6, 6.07) is 3.94. The van der Waals surface area contributed by atoms with Crippen LogP contribution in [0.15, 0.2) is 17.7 Å². The third-order valence-corrected chi connectivity index (χ3v) is 4.66. The van der Waals surface area contributed by atoms with Crippen LogP contribution >= 0.6 is 0 Å². The van der Waals surface area contributed by atoms with Gasteiger partial charge in [0.05, 0.1) is 6.61 Å². The Morgan fingerprint density at radius 3 is 2.73 bits per heavy atom. The molecule has 0 saturated carbocycles. The topological polar surface area (TPSA) is 63.6 Å². The molecule has 4 heteroatoms. The standard InChI is InChI=1S/C18H20O4/c1-9-5-6-13-10(2)8-22-16-12(4)17(20)18(21,7-11(3)19)15(9)14(13)16/h5-6,10,21H,7-8H2,1-4H3/t10-,18+/m0/s1. The summed E-state index contributed by atoms with van der Waals surface area (Å²) in [7, 11) is 0. The smallest absolute Gasteiger partial charge is 0.198 e. The van der Waals surface area contributed by atoms with E-state index in [1.165, 1.54) is 6.92 Å². The van der Waals surface area contributed by atoms with Crippen molar-refractivity contribution in [3.05, 3.63) is 40.0 Å². The second-order valence-electron chi connectivity index (χ2n) is 6.46. The van der Waals surface area contributed by atoms with Gasteiger partial charge in [0.15, 0.2) is 11.4 Å². The average molecular weight is 300 g/mol. The van der Waals surface area contributed by atoms with Crippen molar-refractivity contribution in [1.29, 1.82) is 0 Å². The van der Waals surface area contributed by atoms with Crippen molar-refractivity contribution in [1.82, 2.24) is 0 Å². The maximum atomic E-state index is 12.7. The van der Waals surface area contributed by atoms with Gasteiger partial charge < -0.3 is 9.84 Å². The maximum Gasteiger partial charge on any atom is 0.198 e. The summed E-state index contributed by atoms with van der Waals surface area (Å²) in [6.07, 6.45) is -0.206. The molecule has 0 fully saturated rings. The molecule has 0 unspecified atom stereocenters. The fourth-order valence-electron chi connectivity index (χ4n) is 3.63. The van der Waals surface area contributed by atoms with E-state index in [0.29, 0.717) is 23.5 Å². The van der Waals surface area contributed by atoms with Crippen molar-refractivity contribution in [2.75, 3.05) is 6.61 Å². The van der Waals surface area contributed by atoms with Gasteiger partial charge in [0.1, 0.15) is 11.5 Å².